The monoisotopic (exact) mass is 287 g/mol. The highest BCUT2D eigenvalue weighted by molar-refractivity contribution is 6.36. The number of hydrogen-bond donors (Lipinski definition) is 1. The van der Waals surface area contributed by atoms with E-state index in [1.165, 1.54) is 6.07 Å². The number of amides is 1. The minimum absolute atomic E-state index is 0.258. The SMILES string of the molecule is CCOC(=O)/C=C/C(=O)Nc1ccc(Cl)cc1Cl. The van der Waals surface area contributed by atoms with Gasteiger partial charge in [-0.15, -0.1) is 0 Å². The van der Waals surface area contributed by atoms with Crippen molar-refractivity contribution in [3.63, 3.8) is 0 Å². The first-order valence-electron chi connectivity index (χ1n) is 5.13. The zero-order valence-electron chi connectivity index (χ0n) is 9.57. The van der Waals surface area contributed by atoms with Gasteiger partial charge < -0.3 is 10.1 Å². The van der Waals surface area contributed by atoms with Crippen molar-refractivity contribution in [3.05, 3.63) is 40.4 Å². The molecule has 0 aliphatic rings. The van der Waals surface area contributed by atoms with Crippen LogP contribution in [0.1, 0.15) is 6.92 Å². The van der Waals surface area contributed by atoms with Gasteiger partial charge >= 0.3 is 5.97 Å². The number of anilines is 1. The van der Waals surface area contributed by atoms with Gasteiger partial charge in [-0.25, -0.2) is 4.79 Å². The topological polar surface area (TPSA) is 55.4 Å². The number of carbonyl (C=O) groups is 2. The van der Waals surface area contributed by atoms with Crippen molar-refractivity contribution in [2.75, 3.05) is 11.9 Å². The molecule has 0 heterocycles. The Balaban J connectivity index is 2.62. The van der Waals surface area contributed by atoms with Crippen LogP contribution in [0, 0.1) is 0 Å². The number of nitrogens with one attached hydrogen (secondary N) is 1. The van der Waals surface area contributed by atoms with Crippen LogP contribution in [0.15, 0.2) is 30.4 Å². The molecule has 1 aromatic rings. The van der Waals surface area contributed by atoms with E-state index in [2.05, 4.69) is 10.1 Å². The third-order valence-corrected chi connectivity index (χ3v) is 2.39. The van der Waals surface area contributed by atoms with Crippen LogP contribution in [0.3, 0.4) is 0 Å². The van der Waals surface area contributed by atoms with Crippen molar-refractivity contribution in [1.29, 1.82) is 0 Å². The van der Waals surface area contributed by atoms with Crippen LogP contribution in [0.2, 0.25) is 10.0 Å². The summed E-state index contributed by atoms with van der Waals surface area (Å²) in [6, 6.07) is 4.67. The van der Waals surface area contributed by atoms with E-state index in [-0.39, 0.29) is 6.61 Å². The first kappa shape index (κ1) is 14.5. The van der Waals surface area contributed by atoms with E-state index in [0.29, 0.717) is 15.7 Å². The second-order valence-corrected chi connectivity index (χ2v) is 4.04. The van der Waals surface area contributed by atoms with Crippen molar-refractivity contribution in [2.24, 2.45) is 0 Å². The molecule has 0 unspecified atom stereocenters. The van der Waals surface area contributed by atoms with E-state index in [9.17, 15) is 9.59 Å². The van der Waals surface area contributed by atoms with Crippen molar-refractivity contribution < 1.29 is 14.3 Å². The van der Waals surface area contributed by atoms with Crippen molar-refractivity contribution in [3.8, 4) is 0 Å². The number of esters is 1. The van der Waals surface area contributed by atoms with Gasteiger partial charge in [-0.2, -0.15) is 0 Å². The Morgan fingerprint density at radius 3 is 2.67 bits per heavy atom. The van der Waals surface area contributed by atoms with Crippen LogP contribution in [-0.2, 0) is 14.3 Å². The molecule has 1 N–H and O–H groups in total. The molecule has 0 saturated carbocycles. The fourth-order valence-corrected chi connectivity index (χ4v) is 1.56. The summed E-state index contributed by atoms with van der Waals surface area (Å²) in [5, 5.41) is 3.30. The maximum Gasteiger partial charge on any atom is 0.330 e. The van der Waals surface area contributed by atoms with Gasteiger partial charge in [0.2, 0.25) is 5.91 Å². The summed E-state index contributed by atoms with van der Waals surface area (Å²) in [5.74, 6) is -1.05. The highest BCUT2D eigenvalue weighted by Gasteiger charge is 2.04. The summed E-state index contributed by atoms with van der Waals surface area (Å²) in [6.07, 6.45) is 2.12. The van der Waals surface area contributed by atoms with E-state index in [1.54, 1.807) is 19.1 Å². The highest BCUT2D eigenvalue weighted by Crippen LogP contribution is 2.25. The minimum atomic E-state index is -0.574. The van der Waals surface area contributed by atoms with Crippen LogP contribution < -0.4 is 5.32 Å². The molecule has 18 heavy (non-hydrogen) atoms. The van der Waals surface area contributed by atoms with E-state index < -0.39 is 11.9 Å². The lowest BCUT2D eigenvalue weighted by molar-refractivity contribution is -0.137. The van der Waals surface area contributed by atoms with Gasteiger partial charge in [0.1, 0.15) is 0 Å². The lowest BCUT2D eigenvalue weighted by atomic mass is 10.3. The Morgan fingerprint density at radius 2 is 2.06 bits per heavy atom. The maximum atomic E-state index is 11.5. The molecule has 0 aromatic heterocycles. The molecule has 0 bridgehead atoms. The molecule has 6 heteroatoms. The number of hydrogen-bond acceptors (Lipinski definition) is 3. The number of halogens is 2. The number of carbonyl (C=O) groups excluding carboxylic acids is 2. The fourth-order valence-electron chi connectivity index (χ4n) is 1.10. The van der Waals surface area contributed by atoms with Gasteiger partial charge in [-0.1, -0.05) is 23.2 Å². The lowest BCUT2D eigenvalue weighted by Gasteiger charge is -2.04. The van der Waals surface area contributed by atoms with Crippen molar-refractivity contribution in [1.82, 2.24) is 0 Å². The number of benzene rings is 1. The molecular weight excluding hydrogens is 277 g/mol. The Kier molecular flexibility index (Phi) is 5.68. The molecule has 0 atom stereocenters. The van der Waals surface area contributed by atoms with Gasteiger partial charge in [0, 0.05) is 17.2 Å². The molecule has 96 valence electrons. The average molecular weight is 288 g/mol. The summed E-state index contributed by atoms with van der Waals surface area (Å²) >= 11 is 11.6. The molecule has 0 aliphatic heterocycles. The summed E-state index contributed by atoms with van der Waals surface area (Å²) in [4.78, 5) is 22.4. The van der Waals surface area contributed by atoms with E-state index in [4.69, 9.17) is 23.2 Å². The quantitative estimate of drug-likeness (QED) is 0.684. The Hall–Kier alpha value is -1.52. The third-order valence-electron chi connectivity index (χ3n) is 1.85. The fraction of sp³-hybridized carbons (Fsp3) is 0.167. The molecule has 1 amide bonds. The summed E-state index contributed by atoms with van der Waals surface area (Å²) < 4.78 is 4.63. The van der Waals surface area contributed by atoms with E-state index >= 15 is 0 Å². The van der Waals surface area contributed by atoms with E-state index in [1.807, 2.05) is 0 Å². The van der Waals surface area contributed by atoms with Crippen molar-refractivity contribution in [2.45, 2.75) is 6.92 Å². The minimum Gasteiger partial charge on any atom is -0.463 e. The first-order valence-corrected chi connectivity index (χ1v) is 5.89. The van der Waals surface area contributed by atoms with E-state index in [0.717, 1.165) is 12.2 Å². The Labute approximate surface area is 115 Å². The normalized spacial score (nSPS) is 10.4. The predicted molar refractivity (Wildman–Crippen MR) is 70.9 cm³/mol. The van der Waals surface area contributed by atoms with Gasteiger partial charge in [0.25, 0.3) is 0 Å². The molecule has 0 fully saturated rings. The largest absolute Gasteiger partial charge is 0.463 e. The van der Waals surface area contributed by atoms with Crippen LogP contribution in [0.5, 0.6) is 0 Å². The Morgan fingerprint density at radius 1 is 1.33 bits per heavy atom. The van der Waals surface area contributed by atoms with Crippen molar-refractivity contribution >= 4 is 40.8 Å². The molecular formula is C12H11Cl2NO3. The van der Waals surface area contributed by atoms with Gasteiger partial charge in [-0.3, -0.25) is 4.79 Å². The summed E-state index contributed by atoms with van der Waals surface area (Å²) in [6.45, 7) is 1.94. The highest BCUT2D eigenvalue weighted by atomic mass is 35.5. The second kappa shape index (κ2) is 7.03. The summed E-state index contributed by atoms with van der Waals surface area (Å²) in [7, 11) is 0. The Bertz CT molecular complexity index is 486. The molecule has 0 radical (unpaired) electrons. The molecule has 0 spiro atoms. The zero-order chi connectivity index (χ0) is 13.5. The number of rotatable bonds is 4. The third kappa shape index (κ3) is 4.77. The van der Waals surface area contributed by atoms with Gasteiger partial charge in [0.15, 0.2) is 0 Å². The van der Waals surface area contributed by atoms with Gasteiger partial charge in [0.05, 0.1) is 17.3 Å². The first-order chi connectivity index (χ1) is 8.52. The average Bonchev–Trinajstić information content (AvgIpc) is 2.31. The van der Waals surface area contributed by atoms with Crippen LogP contribution in [0.25, 0.3) is 0 Å². The van der Waals surface area contributed by atoms with Crippen LogP contribution in [-0.4, -0.2) is 18.5 Å². The molecule has 1 rings (SSSR count). The van der Waals surface area contributed by atoms with Crippen LogP contribution >= 0.6 is 23.2 Å². The standard InChI is InChI=1S/C12H11Cl2NO3/c1-2-18-12(17)6-5-11(16)15-10-4-3-8(13)7-9(10)14/h3-7H,2H2,1H3,(H,15,16)/b6-5+. The molecule has 0 saturated heterocycles. The van der Waals surface area contributed by atoms with Crippen LogP contribution in [0.4, 0.5) is 5.69 Å². The maximum absolute atomic E-state index is 11.5. The molecule has 0 aliphatic carbocycles. The second-order valence-electron chi connectivity index (χ2n) is 3.20. The smallest absolute Gasteiger partial charge is 0.330 e. The zero-order valence-corrected chi connectivity index (χ0v) is 11.1. The van der Waals surface area contributed by atoms with Gasteiger partial charge in [-0.05, 0) is 25.1 Å². The predicted octanol–water partition coefficient (Wildman–Crippen LogP) is 3.05. The molecule has 4 nitrogen and oxygen atoms in total. The number of ether oxygens (including phenoxy) is 1. The summed E-state index contributed by atoms with van der Waals surface area (Å²) in [5.41, 5.74) is 0.416. The molecule has 1 aromatic carbocycles. The lowest BCUT2D eigenvalue weighted by Crippen LogP contribution is -2.09.